The van der Waals surface area contributed by atoms with Gasteiger partial charge in [-0.2, -0.15) is 8.42 Å². The quantitative estimate of drug-likeness (QED) is 0.807. The van der Waals surface area contributed by atoms with Gasteiger partial charge in [0, 0.05) is 13.0 Å². The number of amidine groups is 1. The molecular formula is C14H19N3O2S. The highest BCUT2D eigenvalue weighted by Crippen LogP contribution is 2.38. The number of fused-ring (bicyclic) bond motifs is 1. The number of hydrogen-bond donors (Lipinski definition) is 1. The van der Waals surface area contributed by atoms with Gasteiger partial charge in [0.1, 0.15) is 10.7 Å². The van der Waals surface area contributed by atoms with Crippen LogP contribution < -0.4 is 10.6 Å². The summed E-state index contributed by atoms with van der Waals surface area (Å²) in [5.74, 6) is 0.867. The number of nitrogens with zero attached hydrogens (tertiary/aromatic N) is 2. The van der Waals surface area contributed by atoms with E-state index in [0.717, 1.165) is 25.7 Å². The molecule has 2 N–H and O–H groups in total. The summed E-state index contributed by atoms with van der Waals surface area (Å²) in [7, 11) is -1.77. The fourth-order valence-electron chi connectivity index (χ4n) is 3.16. The minimum Gasteiger partial charge on any atom is -0.397 e. The van der Waals surface area contributed by atoms with Crippen molar-refractivity contribution in [2.45, 2.75) is 37.0 Å². The van der Waals surface area contributed by atoms with Gasteiger partial charge in [0.2, 0.25) is 0 Å². The first-order valence-corrected chi connectivity index (χ1v) is 8.42. The molecule has 108 valence electrons. The molecule has 1 aliphatic heterocycles. The van der Waals surface area contributed by atoms with Gasteiger partial charge in [0.25, 0.3) is 10.0 Å². The van der Waals surface area contributed by atoms with Crippen LogP contribution in [0.5, 0.6) is 0 Å². The van der Waals surface area contributed by atoms with Crippen LogP contribution in [0, 0.1) is 5.92 Å². The lowest BCUT2D eigenvalue weighted by molar-refractivity contribution is 0.436. The van der Waals surface area contributed by atoms with E-state index >= 15 is 0 Å². The van der Waals surface area contributed by atoms with Gasteiger partial charge in [0.15, 0.2) is 0 Å². The van der Waals surface area contributed by atoms with E-state index in [-0.39, 0.29) is 10.8 Å². The van der Waals surface area contributed by atoms with Crippen LogP contribution in [0.4, 0.5) is 11.4 Å². The van der Waals surface area contributed by atoms with Crippen LogP contribution in [0.15, 0.2) is 27.5 Å². The van der Waals surface area contributed by atoms with Gasteiger partial charge in [0.05, 0.1) is 11.4 Å². The van der Waals surface area contributed by atoms with Crippen LogP contribution in [0.1, 0.15) is 32.1 Å². The fourth-order valence-corrected chi connectivity index (χ4v) is 4.53. The first-order valence-electron chi connectivity index (χ1n) is 6.98. The Morgan fingerprint density at radius 2 is 1.95 bits per heavy atom. The molecule has 6 heteroatoms. The second kappa shape index (κ2) is 4.77. The number of nitrogens with two attached hydrogens (primary N) is 1. The Bertz CT molecular complexity index is 661. The summed E-state index contributed by atoms with van der Waals surface area (Å²) in [5, 5.41) is 0. The number of nitrogen functional groups attached to an aromatic ring is 1. The molecule has 1 aromatic carbocycles. The molecule has 0 aromatic heterocycles. The predicted molar refractivity (Wildman–Crippen MR) is 80.5 cm³/mol. The molecular weight excluding hydrogens is 274 g/mol. The van der Waals surface area contributed by atoms with Crippen molar-refractivity contribution in [1.29, 1.82) is 0 Å². The summed E-state index contributed by atoms with van der Waals surface area (Å²) in [6, 6.07) is 4.95. The molecule has 0 bridgehead atoms. The van der Waals surface area contributed by atoms with Crippen molar-refractivity contribution in [2.75, 3.05) is 17.7 Å². The summed E-state index contributed by atoms with van der Waals surface area (Å²) in [6.45, 7) is 0. The lowest BCUT2D eigenvalue weighted by Gasteiger charge is -2.34. The highest BCUT2D eigenvalue weighted by Gasteiger charge is 2.34. The van der Waals surface area contributed by atoms with Crippen LogP contribution in [-0.4, -0.2) is 21.3 Å². The fraction of sp³-hybridized carbons (Fsp3) is 0.500. The zero-order chi connectivity index (χ0) is 14.3. The number of para-hydroxylation sites is 1. The van der Waals surface area contributed by atoms with Gasteiger partial charge in [-0.1, -0.05) is 25.3 Å². The van der Waals surface area contributed by atoms with E-state index in [4.69, 9.17) is 5.73 Å². The number of benzene rings is 1. The smallest absolute Gasteiger partial charge is 0.286 e. The maximum Gasteiger partial charge on any atom is 0.286 e. The Morgan fingerprint density at radius 3 is 2.65 bits per heavy atom. The van der Waals surface area contributed by atoms with Gasteiger partial charge >= 0.3 is 0 Å². The van der Waals surface area contributed by atoms with Gasteiger partial charge in [-0.05, 0) is 25.0 Å². The zero-order valence-corrected chi connectivity index (χ0v) is 12.4. The van der Waals surface area contributed by atoms with Crippen LogP contribution in [-0.2, 0) is 10.0 Å². The van der Waals surface area contributed by atoms with E-state index in [1.807, 2.05) is 11.9 Å². The summed E-state index contributed by atoms with van der Waals surface area (Å²) in [5.41, 5.74) is 7.04. The van der Waals surface area contributed by atoms with Gasteiger partial charge < -0.3 is 10.6 Å². The summed E-state index contributed by atoms with van der Waals surface area (Å²) < 4.78 is 28.8. The van der Waals surface area contributed by atoms with Crippen molar-refractivity contribution in [3.05, 3.63) is 18.2 Å². The molecule has 0 radical (unpaired) electrons. The number of rotatable bonds is 1. The zero-order valence-electron chi connectivity index (χ0n) is 11.5. The average molecular weight is 293 g/mol. The third kappa shape index (κ3) is 2.08. The van der Waals surface area contributed by atoms with Crippen LogP contribution >= 0.6 is 0 Å². The average Bonchev–Trinajstić information content (AvgIpc) is 2.44. The first-order chi connectivity index (χ1) is 9.50. The first kappa shape index (κ1) is 13.4. The molecule has 1 heterocycles. The minimum absolute atomic E-state index is 0.208. The Balaban J connectivity index is 2.11. The second-order valence-electron chi connectivity index (χ2n) is 5.51. The van der Waals surface area contributed by atoms with Crippen molar-refractivity contribution in [3.63, 3.8) is 0 Å². The van der Waals surface area contributed by atoms with Gasteiger partial charge in [-0.25, -0.2) is 0 Å². The van der Waals surface area contributed by atoms with Crippen molar-refractivity contribution in [3.8, 4) is 0 Å². The Morgan fingerprint density at radius 1 is 1.25 bits per heavy atom. The maximum absolute atomic E-state index is 12.4. The van der Waals surface area contributed by atoms with E-state index in [1.54, 1.807) is 18.2 Å². The Hall–Kier alpha value is -1.56. The Kier molecular flexibility index (Phi) is 3.20. The minimum atomic E-state index is -3.63. The molecule has 20 heavy (non-hydrogen) atoms. The largest absolute Gasteiger partial charge is 0.397 e. The van der Waals surface area contributed by atoms with Crippen LogP contribution in [0.2, 0.25) is 0 Å². The van der Waals surface area contributed by atoms with E-state index in [1.165, 1.54) is 6.42 Å². The standard InChI is InChI=1S/C14H19N3O2S/c1-17-13-11(15)8-5-9-12(13)20(18,19)16-14(17)10-6-3-2-4-7-10/h5,8-10H,2-4,6-7,15H2,1H3. The van der Waals surface area contributed by atoms with Gasteiger partial charge in [-0.3, -0.25) is 0 Å². The molecule has 3 rings (SSSR count). The summed E-state index contributed by atoms with van der Waals surface area (Å²) >= 11 is 0. The van der Waals surface area contributed by atoms with Gasteiger partial charge in [-0.15, -0.1) is 4.40 Å². The molecule has 1 aromatic rings. The normalized spacial score (nSPS) is 22.2. The molecule has 0 amide bonds. The van der Waals surface area contributed by atoms with Crippen molar-refractivity contribution >= 4 is 27.2 Å². The third-order valence-corrected chi connectivity index (χ3v) is 5.48. The topological polar surface area (TPSA) is 75.8 Å². The SMILES string of the molecule is CN1C(C2CCCCC2)=NS(=O)(=O)c2cccc(N)c21. The number of sulfonamides is 1. The molecule has 1 fully saturated rings. The number of hydrogen-bond acceptors (Lipinski definition) is 4. The lowest BCUT2D eigenvalue weighted by atomic mass is 9.88. The van der Waals surface area contributed by atoms with Crippen molar-refractivity contribution in [2.24, 2.45) is 10.3 Å². The molecule has 5 nitrogen and oxygen atoms in total. The third-order valence-electron chi connectivity index (χ3n) is 4.17. The van der Waals surface area contributed by atoms with Crippen molar-refractivity contribution in [1.82, 2.24) is 0 Å². The highest BCUT2D eigenvalue weighted by atomic mass is 32.2. The van der Waals surface area contributed by atoms with Crippen molar-refractivity contribution < 1.29 is 8.42 Å². The van der Waals surface area contributed by atoms with E-state index in [0.29, 0.717) is 17.2 Å². The second-order valence-corrected chi connectivity index (χ2v) is 7.09. The highest BCUT2D eigenvalue weighted by molar-refractivity contribution is 7.90. The number of anilines is 2. The molecule has 0 saturated heterocycles. The molecule has 0 unspecified atom stereocenters. The molecule has 1 saturated carbocycles. The molecule has 0 spiro atoms. The molecule has 0 atom stereocenters. The van der Waals surface area contributed by atoms with E-state index in [9.17, 15) is 8.42 Å². The van der Waals surface area contributed by atoms with Crippen LogP contribution in [0.25, 0.3) is 0 Å². The summed E-state index contributed by atoms with van der Waals surface area (Å²) in [6.07, 6.45) is 5.49. The van der Waals surface area contributed by atoms with Crippen LogP contribution in [0.3, 0.4) is 0 Å². The monoisotopic (exact) mass is 293 g/mol. The molecule has 1 aliphatic carbocycles. The summed E-state index contributed by atoms with van der Waals surface area (Å²) in [4.78, 5) is 2.07. The van der Waals surface area contributed by atoms with E-state index < -0.39 is 10.0 Å². The van der Waals surface area contributed by atoms with E-state index in [2.05, 4.69) is 4.40 Å². The molecule has 2 aliphatic rings. The maximum atomic E-state index is 12.4. The Labute approximate surface area is 119 Å². The lowest BCUT2D eigenvalue weighted by Crippen LogP contribution is -2.38. The predicted octanol–water partition coefficient (Wildman–Crippen LogP) is 2.39.